The Morgan fingerprint density at radius 3 is 2.56 bits per heavy atom. The first kappa shape index (κ1) is 13.7. The van der Waals surface area contributed by atoms with Gasteiger partial charge in [-0.15, -0.1) is 11.3 Å². The molecule has 0 bridgehead atoms. The lowest BCUT2D eigenvalue weighted by Crippen LogP contribution is -2.18. The highest BCUT2D eigenvalue weighted by atomic mass is 79.9. The van der Waals surface area contributed by atoms with Gasteiger partial charge in [-0.3, -0.25) is 0 Å². The monoisotopic (exact) mass is 327 g/mol. The van der Waals surface area contributed by atoms with Gasteiger partial charge in [0.05, 0.1) is 6.04 Å². The average Bonchev–Trinajstić information content (AvgIpc) is 2.64. The molecular formula is C14H15BrFNS. The Morgan fingerprint density at radius 1 is 1.28 bits per heavy atom. The molecule has 1 N–H and O–H groups in total. The molecule has 0 radical (unpaired) electrons. The minimum Gasteiger partial charge on any atom is -0.309 e. The highest BCUT2D eigenvalue weighted by Gasteiger charge is 2.19. The number of benzene rings is 1. The minimum absolute atomic E-state index is 0.0220. The van der Waals surface area contributed by atoms with Crippen LogP contribution in [-0.4, -0.2) is 7.05 Å². The average molecular weight is 328 g/mol. The Hall–Kier alpha value is -0.710. The second-order valence-corrected chi connectivity index (χ2v) is 6.43. The molecule has 1 aromatic carbocycles. The summed E-state index contributed by atoms with van der Waals surface area (Å²) in [6, 6.07) is 7.05. The SMILES string of the molecule is CNC(c1cc(F)ccc1C)c1sc(C)cc1Br. The van der Waals surface area contributed by atoms with Crippen LogP contribution in [0.1, 0.15) is 26.9 Å². The Labute approximate surface area is 119 Å². The van der Waals surface area contributed by atoms with E-state index in [-0.39, 0.29) is 11.9 Å². The summed E-state index contributed by atoms with van der Waals surface area (Å²) in [5.74, 6) is -0.194. The molecule has 0 aliphatic carbocycles. The van der Waals surface area contributed by atoms with Gasteiger partial charge in [0.2, 0.25) is 0 Å². The van der Waals surface area contributed by atoms with E-state index < -0.39 is 0 Å². The van der Waals surface area contributed by atoms with Crippen LogP contribution in [0.3, 0.4) is 0 Å². The zero-order valence-electron chi connectivity index (χ0n) is 10.6. The lowest BCUT2D eigenvalue weighted by atomic mass is 10.00. The van der Waals surface area contributed by atoms with Gasteiger partial charge in [-0.05, 0) is 66.2 Å². The van der Waals surface area contributed by atoms with Crippen molar-refractivity contribution in [2.75, 3.05) is 7.05 Å². The Kier molecular flexibility index (Phi) is 4.20. The van der Waals surface area contributed by atoms with Crippen molar-refractivity contribution in [3.8, 4) is 0 Å². The summed E-state index contributed by atoms with van der Waals surface area (Å²) in [5.41, 5.74) is 2.08. The number of nitrogens with one attached hydrogen (secondary N) is 1. The fourth-order valence-electron chi connectivity index (χ4n) is 2.05. The highest BCUT2D eigenvalue weighted by molar-refractivity contribution is 9.10. The lowest BCUT2D eigenvalue weighted by molar-refractivity contribution is 0.616. The van der Waals surface area contributed by atoms with Crippen LogP contribution in [0, 0.1) is 19.7 Å². The molecule has 0 amide bonds. The summed E-state index contributed by atoms with van der Waals surface area (Å²) >= 11 is 5.30. The molecule has 18 heavy (non-hydrogen) atoms. The van der Waals surface area contributed by atoms with E-state index in [4.69, 9.17) is 0 Å². The number of aryl methyl sites for hydroxylation is 2. The van der Waals surface area contributed by atoms with Gasteiger partial charge >= 0.3 is 0 Å². The summed E-state index contributed by atoms with van der Waals surface area (Å²) in [4.78, 5) is 2.43. The van der Waals surface area contributed by atoms with Crippen LogP contribution >= 0.6 is 27.3 Å². The molecule has 1 aromatic heterocycles. The smallest absolute Gasteiger partial charge is 0.123 e. The van der Waals surface area contributed by atoms with Crippen molar-refractivity contribution in [3.63, 3.8) is 0 Å². The van der Waals surface area contributed by atoms with Gasteiger partial charge in [0.25, 0.3) is 0 Å². The second kappa shape index (κ2) is 5.51. The van der Waals surface area contributed by atoms with Crippen molar-refractivity contribution in [2.24, 2.45) is 0 Å². The third-order valence-electron chi connectivity index (χ3n) is 2.94. The fourth-order valence-corrected chi connectivity index (χ4v) is 4.06. The van der Waals surface area contributed by atoms with E-state index in [1.807, 2.05) is 20.0 Å². The predicted octanol–water partition coefficient (Wildman–Crippen LogP) is 4.58. The summed E-state index contributed by atoms with van der Waals surface area (Å²) in [6.45, 7) is 4.08. The Balaban J connectivity index is 2.51. The molecule has 0 fully saturated rings. The normalized spacial score (nSPS) is 12.7. The van der Waals surface area contributed by atoms with Gasteiger partial charge in [-0.2, -0.15) is 0 Å². The molecule has 0 aliphatic rings. The molecule has 2 rings (SSSR count). The van der Waals surface area contributed by atoms with Crippen LogP contribution in [-0.2, 0) is 0 Å². The third kappa shape index (κ3) is 2.66. The van der Waals surface area contributed by atoms with Gasteiger partial charge in [0.15, 0.2) is 0 Å². The van der Waals surface area contributed by atoms with Crippen LogP contribution in [0.2, 0.25) is 0 Å². The van der Waals surface area contributed by atoms with Crippen molar-refractivity contribution >= 4 is 27.3 Å². The molecule has 2 aromatic rings. The van der Waals surface area contributed by atoms with Crippen LogP contribution in [0.4, 0.5) is 4.39 Å². The molecular weight excluding hydrogens is 313 g/mol. The van der Waals surface area contributed by atoms with Crippen molar-refractivity contribution in [3.05, 3.63) is 55.4 Å². The minimum atomic E-state index is -0.194. The van der Waals surface area contributed by atoms with E-state index in [1.165, 1.54) is 15.8 Å². The topological polar surface area (TPSA) is 12.0 Å². The number of rotatable bonds is 3. The lowest BCUT2D eigenvalue weighted by Gasteiger charge is -2.18. The molecule has 0 saturated carbocycles. The van der Waals surface area contributed by atoms with E-state index in [0.29, 0.717) is 0 Å². The zero-order chi connectivity index (χ0) is 13.3. The van der Waals surface area contributed by atoms with Crippen LogP contribution in [0.25, 0.3) is 0 Å². The van der Waals surface area contributed by atoms with Crippen LogP contribution < -0.4 is 5.32 Å². The number of halogens is 2. The first-order valence-electron chi connectivity index (χ1n) is 5.72. The van der Waals surface area contributed by atoms with Crippen LogP contribution in [0.15, 0.2) is 28.7 Å². The molecule has 96 valence electrons. The molecule has 0 saturated heterocycles. The van der Waals surface area contributed by atoms with E-state index in [9.17, 15) is 4.39 Å². The quantitative estimate of drug-likeness (QED) is 0.870. The van der Waals surface area contributed by atoms with Gasteiger partial charge in [-0.1, -0.05) is 6.07 Å². The van der Waals surface area contributed by atoms with Gasteiger partial charge in [0, 0.05) is 14.2 Å². The Bertz CT molecular complexity index is 565. The maximum Gasteiger partial charge on any atom is 0.123 e. The fraction of sp³-hybridized carbons (Fsp3) is 0.286. The molecule has 1 unspecified atom stereocenters. The third-order valence-corrected chi connectivity index (χ3v) is 4.97. The van der Waals surface area contributed by atoms with Crippen molar-refractivity contribution < 1.29 is 4.39 Å². The molecule has 0 aliphatic heterocycles. The predicted molar refractivity (Wildman–Crippen MR) is 78.8 cm³/mol. The first-order chi connectivity index (χ1) is 8.52. The maximum atomic E-state index is 13.4. The van der Waals surface area contributed by atoms with Crippen molar-refractivity contribution in [2.45, 2.75) is 19.9 Å². The molecule has 1 heterocycles. The van der Waals surface area contributed by atoms with Crippen molar-refractivity contribution in [1.82, 2.24) is 5.32 Å². The molecule has 0 spiro atoms. The van der Waals surface area contributed by atoms with E-state index >= 15 is 0 Å². The highest BCUT2D eigenvalue weighted by Crippen LogP contribution is 2.36. The van der Waals surface area contributed by atoms with Crippen LogP contribution in [0.5, 0.6) is 0 Å². The molecule has 1 nitrogen and oxygen atoms in total. The second-order valence-electron chi connectivity index (χ2n) is 4.29. The zero-order valence-corrected chi connectivity index (χ0v) is 13.0. The summed E-state index contributed by atoms with van der Waals surface area (Å²) in [5, 5.41) is 3.27. The summed E-state index contributed by atoms with van der Waals surface area (Å²) < 4.78 is 14.5. The summed E-state index contributed by atoms with van der Waals surface area (Å²) in [7, 11) is 1.90. The summed E-state index contributed by atoms with van der Waals surface area (Å²) in [6.07, 6.45) is 0. The van der Waals surface area contributed by atoms with Gasteiger partial charge < -0.3 is 5.32 Å². The number of hydrogen-bond acceptors (Lipinski definition) is 2. The maximum absolute atomic E-state index is 13.4. The van der Waals surface area contributed by atoms with Crippen molar-refractivity contribution in [1.29, 1.82) is 0 Å². The first-order valence-corrected chi connectivity index (χ1v) is 7.33. The van der Waals surface area contributed by atoms with Gasteiger partial charge in [0.1, 0.15) is 5.82 Å². The number of thiophene rings is 1. The van der Waals surface area contributed by atoms with E-state index in [1.54, 1.807) is 17.4 Å². The number of hydrogen-bond donors (Lipinski definition) is 1. The van der Waals surface area contributed by atoms with E-state index in [0.717, 1.165) is 15.6 Å². The van der Waals surface area contributed by atoms with Gasteiger partial charge in [-0.25, -0.2) is 4.39 Å². The largest absolute Gasteiger partial charge is 0.309 e. The molecule has 1 atom stereocenters. The standard InChI is InChI=1S/C14H15BrFNS/c1-8-4-5-10(16)7-11(8)13(17-3)14-12(15)6-9(2)18-14/h4-7,13,17H,1-3H3. The Morgan fingerprint density at radius 2 is 2.00 bits per heavy atom. The van der Waals surface area contributed by atoms with E-state index in [2.05, 4.69) is 34.2 Å². The molecule has 4 heteroatoms.